The second-order valence-electron chi connectivity index (χ2n) is 16.5. The molecule has 1 amide bonds. The zero-order chi connectivity index (χ0) is 42.9. The molecule has 2 aliphatic heterocycles. The summed E-state index contributed by atoms with van der Waals surface area (Å²) < 4.78 is 53.2. The lowest BCUT2D eigenvalue weighted by Gasteiger charge is -2.43. The third kappa shape index (κ3) is 8.87. The van der Waals surface area contributed by atoms with Crippen molar-refractivity contribution in [2.45, 2.75) is 44.1 Å². The first-order valence-electron chi connectivity index (χ1n) is 20.2. The minimum absolute atomic E-state index is 0.0159. The van der Waals surface area contributed by atoms with Crippen LogP contribution in [-0.4, -0.2) is 99.4 Å². The average molecular weight is 872 g/mol. The molecule has 0 bridgehead atoms. The van der Waals surface area contributed by atoms with Crippen molar-refractivity contribution < 1.29 is 37.1 Å². The number of nitro benzene ring substituents is 1. The third-order valence-corrected chi connectivity index (χ3v) is 14.4. The number of H-pyrrole nitrogens is 1. The van der Waals surface area contributed by atoms with E-state index in [9.17, 15) is 14.9 Å². The number of sulfonamides is 1. The number of nitro groups is 1. The molecular formula is C44H48ClN6O9S+. The molecule has 5 aromatic rings. The molecule has 320 valence electrons. The summed E-state index contributed by atoms with van der Waals surface area (Å²) in [5, 5.41) is 13.9. The average Bonchev–Trinajstić information content (AvgIpc) is 3.72. The lowest BCUT2D eigenvalue weighted by molar-refractivity contribution is -0.386. The summed E-state index contributed by atoms with van der Waals surface area (Å²) in [5.74, 6) is -0.511. The van der Waals surface area contributed by atoms with E-state index in [0.29, 0.717) is 55.0 Å². The van der Waals surface area contributed by atoms with Gasteiger partial charge in [-0.3, -0.25) is 19.8 Å². The number of aromatic amines is 1. The Hall–Kier alpha value is -5.36. The number of ether oxygens (including phenoxy) is 4. The summed E-state index contributed by atoms with van der Waals surface area (Å²) in [4.78, 5) is 34.0. The normalized spacial score (nSPS) is 19.4. The molecule has 4 heterocycles. The summed E-state index contributed by atoms with van der Waals surface area (Å²) >= 11 is 6.26. The molecule has 2 fully saturated rings. The van der Waals surface area contributed by atoms with Gasteiger partial charge in [-0.2, -0.15) is 12.3 Å². The van der Waals surface area contributed by atoms with E-state index in [4.69, 9.17) is 36.3 Å². The first-order chi connectivity index (χ1) is 29.2. The Morgan fingerprint density at radius 1 is 1.07 bits per heavy atom. The number of rotatable bonds is 13. The van der Waals surface area contributed by atoms with E-state index < -0.39 is 36.5 Å². The maximum Gasteiger partial charge on any atom is 0.332 e. The SMILES string of the molecule is CC1(C)CCC(CN2CC[N+](c3ccc(C(N)=O)c(Oc4cnc5[nH]ccc5c4)c3)(S(=O)(=O)c3ccc(OC[C@H]4COCCO4)c([N+](=O)[O-])c3)CC2)=C(c2ccc(Cl)cc2)C1. The number of nitrogens with zero attached hydrogens (tertiary/aromatic N) is 4. The van der Waals surface area contributed by atoms with Gasteiger partial charge in [0.25, 0.3) is 5.91 Å². The molecule has 17 heteroatoms. The molecule has 8 rings (SSSR count). The number of quaternary nitrogens is 1. The van der Waals surface area contributed by atoms with Gasteiger partial charge in [-0.15, -0.1) is 0 Å². The molecule has 0 saturated carbocycles. The number of hydrogen-bond donors (Lipinski definition) is 2. The van der Waals surface area contributed by atoms with Crippen molar-refractivity contribution in [3.8, 4) is 17.2 Å². The van der Waals surface area contributed by atoms with Crippen LogP contribution in [0.25, 0.3) is 16.6 Å². The van der Waals surface area contributed by atoms with Crippen molar-refractivity contribution in [3.05, 3.63) is 117 Å². The van der Waals surface area contributed by atoms with Gasteiger partial charge in [0.2, 0.25) is 0 Å². The molecule has 61 heavy (non-hydrogen) atoms. The number of primary amides is 1. The van der Waals surface area contributed by atoms with Crippen LogP contribution in [0.4, 0.5) is 11.4 Å². The summed E-state index contributed by atoms with van der Waals surface area (Å²) in [7, 11) is -4.47. The number of carbonyl (C=O) groups is 1. The Morgan fingerprint density at radius 2 is 1.85 bits per heavy atom. The number of pyridine rings is 1. The smallest absolute Gasteiger partial charge is 0.332 e. The van der Waals surface area contributed by atoms with Crippen LogP contribution >= 0.6 is 11.6 Å². The van der Waals surface area contributed by atoms with E-state index >= 15 is 8.42 Å². The van der Waals surface area contributed by atoms with E-state index in [0.717, 1.165) is 36.3 Å². The number of benzene rings is 3. The number of halogens is 1. The molecular weight excluding hydrogens is 824 g/mol. The second-order valence-corrected chi connectivity index (χ2v) is 19.1. The molecule has 3 aliphatic rings. The van der Waals surface area contributed by atoms with Crippen LogP contribution in [-0.2, 0) is 19.5 Å². The fourth-order valence-corrected chi connectivity index (χ4v) is 10.5. The maximum atomic E-state index is 15.3. The number of carbonyl (C=O) groups excluding carboxylic acids is 1. The predicted octanol–water partition coefficient (Wildman–Crippen LogP) is 7.49. The zero-order valence-electron chi connectivity index (χ0n) is 34.0. The highest BCUT2D eigenvalue weighted by molar-refractivity contribution is 7.91. The van der Waals surface area contributed by atoms with Crippen LogP contribution < -0.4 is 19.1 Å². The quantitative estimate of drug-likeness (QED) is 0.0678. The standard InChI is InChI=1S/C44H47ClN6O9S/c1-44(2)13-11-31(38(24-44)29-3-5-32(45)6-4-29)26-49-15-17-51(18-16-49,33-7-9-37(42(46)52)41(22-33)60-34-21-30-12-14-47-43(30)48-25-34)61(55,56)36-8-10-40(39(23-36)50(53)54)59-28-35-27-57-19-20-58-35/h3-10,12,14,21-23,25,35H,11,13,15-20,24,26-28H2,1-2H3,(H2-,46,47,48,52)/p+1/t35-/m1/s1. The molecule has 3 N–H and O–H groups in total. The van der Waals surface area contributed by atoms with Gasteiger partial charge in [0.15, 0.2) is 11.4 Å². The number of piperazine rings is 1. The predicted molar refractivity (Wildman–Crippen MR) is 231 cm³/mol. The summed E-state index contributed by atoms with van der Waals surface area (Å²) in [5.41, 5.74) is 10.1. The van der Waals surface area contributed by atoms with Crippen LogP contribution in [0, 0.1) is 15.5 Å². The molecule has 0 radical (unpaired) electrons. The Kier molecular flexibility index (Phi) is 11.9. The van der Waals surface area contributed by atoms with Gasteiger partial charge in [0.1, 0.15) is 47.8 Å². The van der Waals surface area contributed by atoms with Gasteiger partial charge in [-0.25, -0.2) is 4.98 Å². The molecule has 1 aliphatic carbocycles. The molecule has 0 spiro atoms. The number of hydrogen-bond acceptors (Lipinski definition) is 11. The molecule has 0 unspecified atom stereocenters. The van der Waals surface area contributed by atoms with Crippen LogP contribution in [0.15, 0.2) is 95.7 Å². The fraction of sp³-hybridized carbons (Fsp3) is 0.364. The van der Waals surface area contributed by atoms with E-state index in [-0.39, 0.29) is 53.7 Å². The highest BCUT2D eigenvalue weighted by atomic mass is 35.5. The van der Waals surface area contributed by atoms with Gasteiger partial charge in [0.05, 0.1) is 36.5 Å². The van der Waals surface area contributed by atoms with Crippen molar-refractivity contribution in [1.82, 2.24) is 18.8 Å². The van der Waals surface area contributed by atoms with Gasteiger partial charge in [0, 0.05) is 54.4 Å². The Bertz CT molecular complexity index is 2600. The molecule has 15 nitrogen and oxygen atoms in total. The van der Waals surface area contributed by atoms with Crippen molar-refractivity contribution in [2.75, 3.05) is 59.2 Å². The number of nitrogens with two attached hydrogens (primary N) is 1. The fourth-order valence-electron chi connectivity index (χ4n) is 8.45. The van der Waals surface area contributed by atoms with Gasteiger partial charge >= 0.3 is 15.7 Å². The van der Waals surface area contributed by atoms with Crippen molar-refractivity contribution in [3.63, 3.8) is 0 Å². The number of nitrogens with one attached hydrogen (secondary N) is 1. The Balaban J connectivity index is 1.16. The topological polar surface area (TPSA) is 189 Å². The van der Waals surface area contributed by atoms with E-state index in [2.05, 4.69) is 40.8 Å². The number of fused-ring (bicyclic) bond motifs is 1. The first kappa shape index (κ1) is 42.3. The Morgan fingerprint density at radius 3 is 2.57 bits per heavy atom. The van der Waals surface area contributed by atoms with E-state index in [1.54, 1.807) is 18.3 Å². The zero-order valence-corrected chi connectivity index (χ0v) is 35.5. The van der Waals surface area contributed by atoms with Crippen molar-refractivity contribution in [2.24, 2.45) is 11.1 Å². The first-order valence-corrected chi connectivity index (χ1v) is 22.0. The molecule has 3 aromatic carbocycles. The van der Waals surface area contributed by atoms with Gasteiger partial charge in [-0.05, 0) is 78.3 Å². The minimum atomic E-state index is -4.47. The van der Waals surface area contributed by atoms with Crippen LogP contribution in [0.1, 0.15) is 49.0 Å². The summed E-state index contributed by atoms with van der Waals surface area (Å²) in [6.07, 6.45) is 5.61. The second kappa shape index (κ2) is 17.2. The van der Waals surface area contributed by atoms with Gasteiger partial charge in [-0.1, -0.05) is 43.2 Å². The maximum absolute atomic E-state index is 15.3. The monoisotopic (exact) mass is 871 g/mol. The molecule has 2 saturated heterocycles. The largest absolute Gasteiger partial charge is 0.484 e. The number of amides is 1. The highest BCUT2D eigenvalue weighted by Gasteiger charge is 2.49. The van der Waals surface area contributed by atoms with Gasteiger partial charge < -0.3 is 29.7 Å². The lowest BCUT2D eigenvalue weighted by Crippen LogP contribution is -2.63. The van der Waals surface area contributed by atoms with Crippen molar-refractivity contribution in [1.29, 1.82) is 0 Å². The molecule has 1 atom stereocenters. The van der Waals surface area contributed by atoms with Crippen molar-refractivity contribution >= 4 is 55.5 Å². The highest BCUT2D eigenvalue weighted by Crippen LogP contribution is 2.45. The lowest BCUT2D eigenvalue weighted by atomic mass is 9.72. The molecule has 2 aromatic heterocycles. The minimum Gasteiger partial charge on any atom is -0.484 e. The summed E-state index contributed by atoms with van der Waals surface area (Å²) in [6.45, 7) is 7.16. The van der Waals surface area contributed by atoms with E-state index in [1.807, 2.05) is 18.2 Å². The van der Waals surface area contributed by atoms with Crippen LogP contribution in [0.3, 0.4) is 0 Å². The number of allylic oxidation sites excluding steroid dienone is 1. The van der Waals surface area contributed by atoms with Crippen LogP contribution in [0.2, 0.25) is 5.02 Å². The number of aromatic nitrogens is 2. The third-order valence-electron chi connectivity index (χ3n) is 11.8. The van der Waals surface area contributed by atoms with Crippen LogP contribution in [0.5, 0.6) is 17.2 Å². The van der Waals surface area contributed by atoms with E-state index in [1.165, 1.54) is 41.6 Å². The summed E-state index contributed by atoms with van der Waals surface area (Å²) in [6, 6.07) is 19.7. The Labute approximate surface area is 358 Å².